The largest absolute Gasteiger partial charge is 0.472 e. The zero-order chi connectivity index (χ0) is 38.2. The molecule has 0 aliphatic rings. The van der Waals surface area contributed by atoms with Crippen molar-refractivity contribution in [3.05, 3.63) is 24.3 Å². The summed E-state index contributed by atoms with van der Waals surface area (Å²) in [6, 6.07) is -0.859. The lowest BCUT2D eigenvalue weighted by molar-refractivity contribution is -0.123. The van der Waals surface area contributed by atoms with Crippen molar-refractivity contribution in [1.29, 1.82) is 0 Å². The third-order valence-corrected chi connectivity index (χ3v) is 10.8. The molecule has 8 nitrogen and oxygen atoms in total. The molecule has 0 bridgehead atoms. The first-order valence-electron chi connectivity index (χ1n) is 22.0. The number of nitrogens with one attached hydrogen (secondary N) is 1. The molecule has 0 rings (SSSR count). The third-order valence-electron chi connectivity index (χ3n) is 9.77. The van der Waals surface area contributed by atoms with E-state index in [1.807, 2.05) is 6.08 Å². The predicted molar refractivity (Wildman–Crippen MR) is 221 cm³/mol. The smallest absolute Gasteiger partial charge is 0.387 e. The summed E-state index contributed by atoms with van der Waals surface area (Å²) in [5, 5.41) is 13.7. The normalized spacial score (nSPS) is 14.3. The van der Waals surface area contributed by atoms with E-state index >= 15 is 0 Å². The number of allylic oxidation sites excluding steroid dienone is 3. The number of unbranched alkanes of at least 4 members (excludes halogenated alkanes) is 27. The minimum Gasteiger partial charge on any atom is -0.387 e. The van der Waals surface area contributed by atoms with Crippen molar-refractivity contribution in [1.82, 2.24) is 5.32 Å². The number of carbonyl (C=O) groups is 1. The van der Waals surface area contributed by atoms with Gasteiger partial charge in [-0.2, -0.15) is 0 Å². The fourth-order valence-electron chi connectivity index (χ4n) is 6.42. The summed E-state index contributed by atoms with van der Waals surface area (Å²) in [6.45, 7) is 4.14. The second-order valence-electron chi connectivity index (χ2n) is 14.9. The summed E-state index contributed by atoms with van der Waals surface area (Å²) in [5.74, 6) is -0.198. The molecule has 0 radical (unpaired) electrons. The zero-order valence-electron chi connectivity index (χ0n) is 34.1. The van der Waals surface area contributed by atoms with Gasteiger partial charge >= 0.3 is 7.82 Å². The highest BCUT2D eigenvalue weighted by atomic mass is 31.2. The molecule has 0 heterocycles. The first kappa shape index (κ1) is 51.0. The number of phosphoric acid groups is 1. The van der Waals surface area contributed by atoms with Crippen molar-refractivity contribution in [3.8, 4) is 0 Å². The maximum atomic E-state index is 12.8. The highest BCUT2D eigenvalue weighted by Gasteiger charge is 2.26. The van der Waals surface area contributed by atoms with Crippen LogP contribution in [-0.2, 0) is 18.4 Å². The molecule has 0 aliphatic heterocycles. The predicted octanol–water partition coefficient (Wildman–Crippen LogP) is 12.2. The second kappa shape index (κ2) is 39.7. The van der Waals surface area contributed by atoms with Crippen molar-refractivity contribution in [3.63, 3.8) is 0 Å². The molecule has 52 heavy (non-hydrogen) atoms. The number of hydrogen-bond acceptors (Lipinski definition) is 6. The maximum absolute atomic E-state index is 12.8. The molecule has 0 spiro atoms. The van der Waals surface area contributed by atoms with E-state index in [1.165, 1.54) is 154 Å². The Labute approximate surface area is 321 Å². The highest BCUT2D eigenvalue weighted by Crippen LogP contribution is 2.43. The van der Waals surface area contributed by atoms with Gasteiger partial charge in [0.1, 0.15) is 0 Å². The van der Waals surface area contributed by atoms with E-state index in [9.17, 15) is 19.4 Å². The van der Waals surface area contributed by atoms with Gasteiger partial charge < -0.3 is 21.1 Å². The number of rotatable bonds is 41. The average Bonchev–Trinajstić information content (AvgIpc) is 3.13. The summed E-state index contributed by atoms with van der Waals surface area (Å²) in [7, 11) is -4.34. The van der Waals surface area contributed by atoms with Gasteiger partial charge in [0, 0.05) is 13.0 Å². The summed E-state index contributed by atoms with van der Waals surface area (Å²) in [6.07, 6.45) is 45.0. The van der Waals surface area contributed by atoms with Crippen LogP contribution in [0.5, 0.6) is 0 Å². The van der Waals surface area contributed by atoms with Gasteiger partial charge in [-0.3, -0.25) is 13.8 Å². The van der Waals surface area contributed by atoms with Crippen LogP contribution < -0.4 is 11.1 Å². The Hall–Kier alpha value is -1.02. The van der Waals surface area contributed by atoms with Crippen LogP contribution in [0.1, 0.15) is 213 Å². The number of hydrogen-bond donors (Lipinski definition) is 4. The van der Waals surface area contributed by atoms with Crippen molar-refractivity contribution in [2.24, 2.45) is 5.73 Å². The van der Waals surface area contributed by atoms with E-state index in [-0.39, 0.29) is 25.7 Å². The molecule has 1 amide bonds. The lowest BCUT2D eigenvalue weighted by atomic mass is 10.0. The summed E-state index contributed by atoms with van der Waals surface area (Å²) in [5.41, 5.74) is 5.37. The average molecular weight is 757 g/mol. The van der Waals surface area contributed by atoms with Crippen molar-refractivity contribution in [2.75, 3.05) is 19.8 Å². The number of aliphatic hydroxyl groups excluding tert-OH is 1. The van der Waals surface area contributed by atoms with Crippen LogP contribution in [0.2, 0.25) is 0 Å². The van der Waals surface area contributed by atoms with Crippen LogP contribution in [-0.4, -0.2) is 47.8 Å². The number of nitrogens with two attached hydrogens (primary N) is 1. The molecule has 308 valence electrons. The molecule has 3 unspecified atom stereocenters. The Balaban J connectivity index is 4.21. The van der Waals surface area contributed by atoms with Crippen LogP contribution in [0.15, 0.2) is 24.3 Å². The number of carbonyl (C=O) groups excluding carboxylic acids is 1. The van der Waals surface area contributed by atoms with Crippen LogP contribution in [0.3, 0.4) is 0 Å². The van der Waals surface area contributed by atoms with E-state index in [4.69, 9.17) is 14.8 Å². The Morgan fingerprint density at radius 3 is 1.42 bits per heavy atom. The maximum Gasteiger partial charge on any atom is 0.472 e. The van der Waals surface area contributed by atoms with Gasteiger partial charge in [-0.25, -0.2) is 4.57 Å². The first-order valence-corrected chi connectivity index (χ1v) is 23.5. The molecular formula is C43H85N2O6P. The third kappa shape index (κ3) is 37.3. The van der Waals surface area contributed by atoms with Crippen molar-refractivity contribution in [2.45, 2.75) is 225 Å². The molecular weight excluding hydrogens is 671 g/mol. The minimum absolute atomic E-state index is 0.0788. The fraction of sp³-hybridized carbons (Fsp3) is 0.884. The lowest BCUT2D eigenvalue weighted by Gasteiger charge is -2.23. The van der Waals surface area contributed by atoms with E-state index in [0.29, 0.717) is 6.42 Å². The fourth-order valence-corrected chi connectivity index (χ4v) is 7.18. The molecule has 5 N–H and O–H groups in total. The first-order chi connectivity index (χ1) is 25.4. The standard InChI is InChI=1S/C43H85N2O6P/c1-3-5-7-9-11-13-15-17-19-21-23-25-27-29-31-33-35-37-43(47)45-41(40-51-52(48,49)50-39-38-44)42(46)36-34-32-30-28-26-24-22-20-18-16-14-12-10-8-6-4-2/h17,19,34,36,41-42,46H,3-16,18,20-33,35,37-40,44H2,1-2H3,(H,45,47)(H,48,49)/b19-17-,36-34+. The quantitative estimate of drug-likeness (QED) is 0.0277. The van der Waals surface area contributed by atoms with Crippen molar-refractivity contribution >= 4 is 13.7 Å². The monoisotopic (exact) mass is 757 g/mol. The van der Waals surface area contributed by atoms with E-state index in [1.54, 1.807) is 6.08 Å². The SMILES string of the molecule is CCCCCCCC/C=C\CCCCCCCCCC(=O)NC(COP(=O)(O)OCCN)C(O)/C=C/CCCCCCCCCCCCCCCC. The lowest BCUT2D eigenvalue weighted by Crippen LogP contribution is -2.45. The van der Waals surface area contributed by atoms with Gasteiger partial charge in [0.2, 0.25) is 5.91 Å². The number of aliphatic hydroxyl groups is 1. The molecule has 0 aliphatic carbocycles. The van der Waals surface area contributed by atoms with Gasteiger partial charge in [0.15, 0.2) is 0 Å². The Morgan fingerprint density at radius 1 is 0.615 bits per heavy atom. The molecule has 9 heteroatoms. The van der Waals surface area contributed by atoms with Gasteiger partial charge in [-0.05, 0) is 44.9 Å². The van der Waals surface area contributed by atoms with Gasteiger partial charge in [-0.15, -0.1) is 0 Å². The molecule has 0 saturated heterocycles. The molecule has 0 fully saturated rings. The highest BCUT2D eigenvalue weighted by molar-refractivity contribution is 7.47. The van der Waals surface area contributed by atoms with Gasteiger partial charge in [0.25, 0.3) is 0 Å². The van der Waals surface area contributed by atoms with E-state index < -0.39 is 20.0 Å². The number of phosphoric ester groups is 1. The molecule has 0 saturated carbocycles. The molecule has 0 aromatic heterocycles. The second-order valence-corrected chi connectivity index (χ2v) is 16.4. The van der Waals surface area contributed by atoms with E-state index in [2.05, 4.69) is 31.3 Å². The molecule has 0 aromatic rings. The van der Waals surface area contributed by atoms with E-state index in [0.717, 1.165) is 38.5 Å². The Morgan fingerprint density at radius 2 is 1.00 bits per heavy atom. The summed E-state index contributed by atoms with van der Waals surface area (Å²) in [4.78, 5) is 22.7. The van der Waals surface area contributed by atoms with Crippen LogP contribution >= 0.6 is 7.82 Å². The zero-order valence-corrected chi connectivity index (χ0v) is 35.0. The van der Waals surface area contributed by atoms with Gasteiger partial charge in [0.05, 0.1) is 25.4 Å². The van der Waals surface area contributed by atoms with Crippen LogP contribution in [0, 0.1) is 0 Å². The Kier molecular flexibility index (Phi) is 38.9. The summed E-state index contributed by atoms with van der Waals surface area (Å²) < 4.78 is 22.1. The van der Waals surface area contributed by atoms with Gasteiger partial charge in [-0.1, -0.05) is 186 Å². The van der Waals surface area contributed by atoms with Crippen LogP contribution in [0.25, 0.3) is 0 Å². The topological polar surface area (TPSA) is 131 Å². The Bertz CT molecular complexity index is 871. The van der Waals surface area contributed by atoms with Crippen molar-refractivity contribution < 1.29 is 28.4 Å². The molecule has 3 atom stereocenters. The minimum atomic E-state index is -4.34. The van der Waals surface area contributed by atoms with Crippen LogP contribution in [0.4, 0.5) is 0 Å². The summed E-state index contributed by atoms with van der Waals surface area (Å²) >= 11 is 0. The molecule has 0 aromatic carbocycles. The number of amides is 1.